The molecule has 1 N–H and O–H groups in total. The van der Waals surface area contributed by atoms with E-state index in [0.717, 1.165) is 15.4 Å². The second-order valence-electron chi connectivity index (χ2n) is 9.85. The van der Waals surface area contributed by atoms with E-state index in [1.165, 1.54) is 42.3 Å². The van der Waals surface area contributed by atoms with Crippen molar-refractivity contribution < 1.29 is 27.5 Å². The lowest BCUT2D eigenvalue weighted by Crippen LogP contribution is -2.52. The fourth-order valence-electron chi connectivity index (χ4n) is 4.09. The number of carbonyl (C=O) groups excluding carboxylic acids is 2. The van der Waals surface area contributed by atoms with Crippen LogP contribution in [-0.4, -0.2) is 58.0 Å². The van der Waals surface area contributed by atoms with Gasteiger partial charge in [-0.05, 0) is 75.7 Å². The zero-order valence-corrected chi connectivity index (χ0v) is 25.6. The summed E-state index contributed by atoms with van der Waals surface area (Å²) < 4.78 is 39.3. The quantitative estimate of drug-likeness (QED) is 0.320. The second kappa shape index (κ2) is 13.7. The molecule has 11 heteroatoms. The maximum Gasteiger partial charge on any atom is 0.264 e. The van der Waals surface area contributed by atoms with Crippen LogP contribution in [0.4, 0.5) is 5.69 Å². The molecule has 0 aromatic heterocycles. The Labute approximate surface area is 247 Å². The molecule has 0 aliphatic carbocycles. The fraction of sp³-hybridized carbons (Fsp3) is 0.333. The van der Waals surface area contributed by atoms with E-state index in [4.69, 9.17) is 21.1 Å². The van der Waals surface area contributed by atoms with Crippen LogP contribution < -0.4 is 19.1 Å². The normalized spacial score (nSPS) is 12.0. The van der Waals surface area contributed by atoms with Gasteiger partial charge < -0.3 is 19.7 Å². The monoisotopic (exact) mass is 601 g/mol. The van der Waals surface area contributed by atoms with Crippen LogP contribution >= 0.6 is 11.6 Å². The van der Waals surface area contributed by atoms with Gasteiger partial charge in [0.15, 0.2) is 0 Å². The first-order valence-corrected chi connectivity index (χ1v) is 14.8. The molecule has 0 radical (unpaired) electrons. The number of sulfonamides is 1. The van der Waals surface area contributed by atoms with E-state index in [1.54, 1.807) is 50.4 Å². The third-order valence-electron chi connectivity index (χ3n) is 6.42. The Balaban J connectivity index is 2.06. The summed E-state index contributed by atoms with van der Waals surface area (Å²) in [7, 11) is -1.21. The number of carbonyl (C=O) groups is 2. The topological polar surface area (TPSA) is 105 Å². The number of benzene rings is 3. The van der Waals surface area contributed by atoms with Crippen molar-refractivity contribution in [1.82, 2.24) is 10.2 Å². The number of nitrogens with one attached hydrogen (secondary N) is 1. The lowest BCUT2D eigenvalue weighted by atomic mass is 10.1. The van der Waals surface area contributed by atoms with Crippen molar-refractivity contribution in [2.45, 2.75) is 51.2 Å². The van der Waals surface area contributed by atoms with E-state index in [-0.39, 0.29) is 34.1 Å². The van der Waals surface area contributed by atoms with Crippen molar-refractivity contribution in [3.8, 4) is 11.5 Å². The summed E-state index contributed by atoms with van der Waals surface area (Å²) in [6, 6.07) is 16.9. The minimum Gasteiger partial charge on any atom is -0.497 e. The van der Waals surface area contributed by atoms with Gasteiger partial charge in [-0.2, -0.15) is 0 Å². The Morgan fingerprint density at radius 3 is 2.10 bits per heavy atom. The summed E-state index contributed by atoms with van der Waals surface area (Å²) in [5, 5.41) is 3.01. The van der Waals surface area contributed by atoms with Gasteiger partial charge in [0.1, 0.15) is 24.1 Å². The fourth-order valence-corrected chi connectivity index (χ4v) is 5.75. The number of hydrogen-bond acceptors (Lipinski definition) is 6. The highest BCUT2D eigenvalue weighted by Gasteiger charge is 2.33. The molecule has 9 nitrogen and oxygen atoms in total. The van der Waals surface area contributed by atoms with Crippen LogP contribution in [0.15, 0.2) is 71.6 Å². The molecule has 3 aromatic rings. The molecule has 1 atom stereocenters. The highest BCUT2D eigenvalue weighted by molar-refractivity contribution is 7.92. The van der Waals surface area contributed by atoms with Gasteiger partial charge in [0.25, 0.3) is 10.0 Å². The third kappa shape index (κ3) is 7.92. The van der Waals surface area contributed by atoms with Crippen molar-refractivity contribution in [3.05, 3.63) is 82.9 Å². The minimum atomic E-state index is -4.21. The highest BCUT2D eigenvalue weighted by Crippen LogP contribution is 2.32. The maximum absolute atomic E-state index is 14.0. The molecule has 0 aliphatic rings. The van der Waals surface area contributed by atoms with Crippen LogP contribution in [0, 0.1) is 6.92 Å². The molecule has 0 heterocycles. The SMILES string of the molecule is COc1ccc(CN(C(=O)CN(c2ccc(OC)c(Cl)c2)S(=O)(=O)c2ccc(C)cc2)[C@H](C)C(=O)NC(C)C)cc1. The molecule has 41 heavy (non-hydrogen) atoms. The smallest absolute Gasteiger partial charge is 0.264 e. The van der Waals surface area contributed by atoms with Crippen molar-refractivity contribution in [1.29, 1.82) is 0 Å². The summed E-state index contributed by atoms with van der Waals surface area (Å²) in [6.07, 6.45) is 0. The van der Waals surface area contributed by atoms with Gasteiger partial charge in [0, 0.05) is 12.6 Å². The van der Waals surface area contributed by atoms with Crippen LogP contribution in [0.1, 0.15) is 31.9 Å². The molecule has 3 rings (SSSR count). The van der Waals surface area contributed by atoms with E-state index in [0.29, 0.717) is 11.5 Å². The van der Waals surface area contributed by atoms with Crippen LogP contribution in [-0.2, 0) is 26.2 Å². The van der Waals surface area contributed by atoms with Gasteiger partial charge in [0.05, 0.1) is 29.8 Å². The molecule has 2 amide bonds. The number of hydrogen-bond donors (Lipinski definition) is 1. The molecule has 0 spiro atoms. The largest absolute Gasteiger partial charge is 0.497 e. The van der Waals surface area contributed by atoms with Gasteiger partial charge >= 0.3 is 0 Å². The number of rotatable bonds is 12. The second-order valence-corrected chi connectivity index (χ2v) is 12.1. The molecule has 0 fully saturated rings. The lowest BCUT2D eigenvalue weighted by molar-refractivity contribution is -0.139. The summed E-state index contributed by atoms with van der Waals surface area (Å²) in [5.74, 6) is 0.0654. The summed E-state index contributed by atoms with van der Waals surface area (Å²) in [6.45, 7) is 6.60. The number of ether oxygens (including phenoxy) is 2. The molecule has 3 aromatic carbocycles. The van der Waals surface area contributed by atoms with Gasteiger partial charge in [-0.3, -0.25) is 13.9 Å². The lowest BCUT2D eigenvalue weighted by Gasteiger charge is -2.32. The standard InChI is InChI=1S/C30H36ClN3O6S/c1-20(2)32-30(36)22(4)33(18-23-9-12-25(39-5)13-10-23)29(35)19-34(24-11-16-28(40-6)27(31)17-24)41(37,38)26-14-7-21(3)8-15-26/h7-17,20,22H,18-19H2,1-6H3,(H,32,36)/t22-/m1/s1. The van der Waals surface area contributed by atoms with Gasteiger partial charge in [0.2, 0.25) is 11.8 Å². The molecular formula is C30H36ClN3O6S. The first-order chi connectivity index (χ1) is 19.4. The van der Waals surface area contributed by atoms with Gasteiger partial charge in [-0.25, -0.2) is 8.42 Å². The van der Waals surface area contributed by atoms with Crippen molar-refractivity contribution in [2.75, 3.05) is 25.1 Å². The number of nitrogens with zero attached hydrogens (tertiary/aromatic N) is 2. The van der Waals surface area contributed by atoms with Gasteiger partial charge in [-0.15, -0.1) is 0 Å². The molecule has 0 saturated heterocycles. The van der Waals surface area contributed by atoms with Crippen LogP contribution in [0.25, 0.3) is 0 Å². The van der Waals surface area contributed by atoms with Crippen molar-refractivity contribution in [2.24, 2.45) is 0 Å². The average Bonchev–Trinajstić information content (AvgIpc) is 2.94. The first kappa shape index (κ1) is 31.8. The minimum absolute atomic E-state index is 0.00939. The van der Waals surface area contributed by atoms with E-state index in [9.17, 15) is 18.0 Å². The van der Waals surface area contributed by atoms with Crippen LogP contribution in [0.5, 0.6) is 11.5 Å². The average molecular weight is 602 g/mol. The number of methoxy groups -OCH3 is 2. The molecule has 0 aliphatic heterocycles. The van der Waals surface area contributed by atoms with E-state index >= 15 is 0 Å². The molecular weight excluding hydrogens is 566 g/mol. The van der Waals surface area contributed by atoms with Crippen LogP contribution in [0.2, 0.25) is 5.02 Å². The van der Waals surface area contributed by atoms with Gasteiger partial charge in [-0.1, -0.05) is 41.4 Å². The highest BCUT2D eigenvalue weighted by atomic mass is 35.5. The number of amides is 2. The Morgan fingerprint density at radius 1 is 0.927 bits per heavy atom. The Hall–Kier alpha value is -3.76. The third-order valence-corrected chi connectivity index (χ3v) is 8.50. The van der Waals surface area contributed by atoms with E-state index < -0.39 is 28.5 Å². The maximum atomic E-state index is 14.0. The molecule has 0 unspecified atom stereocenters. The number of aryl methyl sites for hydroxylation is 1. The number of anilines is 1. The Kier molecular flexibility index (Phi) is 10.6. The first-order valence-electron chi connectivity index (χ1n) is 13.0. The zero-order chi connectivity index (χ0) is 30.3. The molecule has 220 valence electrons. The Morgan fingerprint density at radius 2 is 1.56 bits per heavy atom. The molecule has 0 bridgehead atoms. The van der Waals surface area contributed by atoms with E-state index in [1.807, 2.05) is 20.8 Å². The van der Waals surface area contributed by atoms with Crippen molar-refractivity contribution >= 4 is 39.1 Å². The Bertz CT molecular complexity index is 1460. The summed E-state index contributed by atoms with van der Waals surface area (Å²) in [5.41, 5.74) is 1.80. The zero-order valence-electron chi connectivity index (χ0n) is 24.0. The predicted molar refractivity (Wildman–Crippen MR) is 160 cm³/mol. The predicted octanol–water partition coefficient (Wildman–Crippen LogP) is 4.80. The summed E-state index contributed by atoms with van der Waals surface area (Å²) in [4.78, 5) is 28.4. The number of halogens is 1. The van der Waals surface area contributed by atoms with Crippen molar-refractivity contribution in [3.63, 3.8) is 0 Å². The van der Waals surface area contributed by atoms with Crippen LogP contribution in [0.3, 0.4) is 0 Å². The van der Waals surface area contributed by atoms with E-state index in [2.05, 4.69) is 5.32 Å². The summed E-state index contributed by atoms with van der Waals surface area (Å²) >= 11 is 6.36. The molecule has 0 saturated carbocycles.